The number of amides is 1. The number of nitrogens with one attached hydrogen (secondary N) is 1. The van der Waals surface area contributed by atoms with Gasteiger partial charge in [-0.1, -0.05) is 13.8 Å². The number of carbonyl (C=O) groups is 1. The van der Waals surface area contributed by atoms with E-state index in [1.165, 1.54) is 14.2 Å². The van der Waals surface area contributed by atoms with Crippen molar-refractivity contribution in [3.05, 3.63) is 42.0 Å². The van der Waals surface area contributed by atoms with Crippen LogP contribution in [0.15, 0.2) is 40.7 Å². The lowest BCUT2D eigenvalue weighted by Gasteiger charge is -2.09. The Morgan fingerprint density at radius 3 is 2.34 bits per heavy atom. The quantitative estimate of drug-likeness (QED) is 0.604. The average Bonchev–Trinajstić information content (AvgIpc) is 3.11. The van der Waals surface area contributed by atoms with Crippen molar-refractivity contribution in [1.29, 1.82) is 0 Å². The highest BCUT2D eigenvalue weighted by molar-refractivity contribution is 7.93. The molecule has 1 heterocycles. The molecule has 0 spiro atoms. The van der Waals surface area contributed by atoms with Crippen LogP contribution in [0.25, 0.3) is 10.2 Å². The van der Waals surface area contributed by atoms with E-state index in [1.54, 1.807) is 36.4 Å². The molecule has 0 unspecified atom stereocenters. The van der Waals surface area contributed by atoms with Crippen molar-refractivity contribution in [2.45, 2.75) is 18.2 Å². The van der Waals surface area contributed by atoms with E-state index in [9.17, 15) is 13.2 Å². The van der Waals surface area contributed by atoms with Crippen LogP contribution in [-0.4, -0.2) is 39.3 Å². The summed E-state index contributed by atoms with van der Waals surface area (Å²) < 4.78 is 36.0. The number of ether oxygens (including phenoxy) is 2. The zero-order valence-corrected chi connectivity index (χ0v) is 18.2. The Labute approximate surface area is 173 Å². The Balaban J connectivity index is 1.87. The van der Waals surface area contributed by atoms with Crippen molar-refractivity contribution < 1.29 is 22.7 Å². The van der Waals surface area contributed by atoms with Crippen LogP contribution < -0.4 is 14.8 Å². The summed E-state index contributed by atoms with van der Waals surface area (Å²) >= 11 is 1.11. The number of benzene rings is 2. The minimum absolute atomic E-state index is 0.0155. The first-order chi connectivity index (χ1) is 13.7. The summed E-state index contributed by atoms with van der Waals surface area (Å²) in [5, 5.41) is 2.81. The highest BCUT2D eigenvalue weighted by Crippen LogP contribution is 2.30. The van der Waals surface area contributed by atoms with Gasteiger partial charge in [0.05, 0.1) is 30.2 Å². The molecule has 3 aromatic rings. The number of carbonyl (C=O) groups excluding carboxylic acids is 1. The van der Waals surface area contributed by atoms with E-state index in [0.29, 0.717) is 33.0 Å². The lowest BCUT2D eigenvalue weighted by molar-refractivity contribution is 0.102. The SMILES string of the molecule is COc1cc(OC)cc(C(=O)Nc2ccc3nc(S(=O)(=O)CC(C)C)sc3c2)c1. The zero-order chi connectivity index (χ0) is 21.2. The summed E-state index contributed by atoms with van der Waals surface area (Å²) in [6, 6.07) is 10.0. The van der Waals surface area contributed by atoms with Gasteiger partial charge in [-0.2, -0.15) is 0 Å². The van der Waals surface area contributed by atoms with Gasteiger partial charge in [0.2, 0.25) is 14.2 Å². The third-order valence-electron chi connectivity index (χ3n) is 4.06. The van der Waals surface area contributed by atoms with Crippen LogP contribution in [0.1, 0.15) is 24.2 Å². The smallest absolute Gasteiger partial charge is 0.255 e. The molecule has 0 radical (unpaired) electrons. The van der Waals surface area contributed by atoms with Crippen molar-refractivity contribution in [3.63, 3.8) is 0 Å². The molecule has 2 aromatic carbocycles. The Bertz CT molecular complexity index is 1130. The first kappa shape index (κ1) is 21.1. The second-order valence-corrected chi connectivity index (χ2v) is 10.1. The second-order valence-electron chi connectivity index (χ2n) is 6.89. The Kier molecular flexibility index (Phi) is 6.09. The molecule has 0 aliphatic heterocycles. The first-order valence-electron chi connectivity index (χ1n) is 8.89. The summed E-state index contributed by atoms with van der Waals surface area (Å²) in [6.07, 6.45) is 0. The number of methoxy groups -OCH3 is 2. The third kappa shape index (κ3) is 4.86. The number of aromatic nitrogens is 1. The van der Waals surface area contributed by atoms with E-state index in [4.69, 9.17) is 9.47 Å². The van der Waals surface area contributed by atoms with Gasteiger partial charge in [-0.25, -0.2) is 13.4 Å². The summed E-state index contributed by atoms with van der Waals surface area (Å²) in [5.74, 6) is 0.744. The molecular weight excluding hydrogens is 412 g/mol. The van der Waals surface area contributed by atoms with Gasteiger partial charge in [-0.15, -0.1) is 11.3 Å². The molecule has 29 heavy (non-hydrogen) atoms. The maximum atomic E-state index is 12.6. The number of fused-ring (bicyclic) bond motifs is 1. The normalized spacial score (nSPS) is 11.6. The largest absolute Gasteiger partial charge is 0.497 e. The van der Waals surface area contributed by atoms with Crippen molar-refractivity contribution >= 4 is 43.0 Å². The van der Waals surface area contributed by atoms with Gasteiger partial charge >= 0.3 is 0 Å². The minimum atomic E-state index is -3.42. The van der Waals surface area contributed by atoms with Crippen LogP contribution in [-0.2, 0) is 9.84 Å². The Hall–Kier alpha value is -2.65. The fourth-order valence-corrected chi connectivity index (χ4v) is 5.74. The highest BCUT2D eigenvalue weighted by atomic mass is 32.2. The molecule has 0 aliphatic rings. The van der Waals surface area contributed by atoms with Gasteiger partial charge in [-0.3, -0.25) is 4.79 Å². The predicted molar refractivity (Wildman–Crippen MR) is 114 cm³/mol. The number of sulfone groups is 1. The minimum Gasteiger partial charge on any atom is -0.497 e. The number of nitrogens with zero attached hydrogens (tertiary/aromatic N) is 1. The molecule has 0 fully saturated rings. The molecule has 7 nitrogen and oxygen atoms in total. The highest BCUT2D eigenvalue weighted by Gasteiger charge is 2.21. The fraction of sp³-hybridized carbons (Fsp3) is 0.300. The van der Waals surface area contributed by atoms with Gasteiger partial charge in [0.25, 0.3) is 5.91 Å². The van der Waals surface area contributed by atoms with E-state index >= 15 is 0 Å². The van der Waals surface area contributed by atoms with E-state index in [-0.39, 0.29) is 21.9 Å². The van der Waals surface area contributed by atoms with Crippen LogP contribution in [0, 0.1) is 5.92 Å². The van der Waals surface area contributed by atoms with Crippen molar-refractivity contribution in [2.24, 2.45) is 5.92 Å². The Morgan fingerprint density at radius 1 is 1.10 bits per heavy atom. The molecule has 0 saturated carbocycles. The molecule has 1 amide bonds. The lowest BCUT2D eigenvalue weighted by atomic mass is 10.1. The van der Waals surface area contributed by atoms with Crippen molar-refractivity contribution in [2.75, 3.05) is 25.3 Å². The fourth-order valence-electron chi connectivity index (χ4n) is 2.77. The molecule has 154 valence electrons. The molecule has 9 heteroatoms. The first-order valence-corrected chi connectivity index (χ1v) is 11.4. The maximum Gasteiger partial charge on any atom is 0.255 e. The third-order valence-corrected chi connectivity index (χ3v) is 7.61. The number of hydrogen-bond donors (Lipinski definition) is 1. The molecule has 3 rings (SSSR count). The zero-order valence-electron chi connectivity index (χ0n) is 16.6. The average molecular weight is 435 g/mol. The van der Waals surface area contributed by atoms with Crippen LogP contribution in [0.3, 0.4) is 0 Å². The molecular formula is C20H22N2O5S2. The number of rotatable bonds is 7. The number of hydrogen-bond acceptors (Lipinski definition) is 7. The molecule has 0 atom stereocenters. The molecule has 1 aromatic heterocycles. The van der Waals surface area contributed by atoms with Gasteiger partial charge in [-0.05, 0) is 36.2 Å². The summed E-state index contributed by atoms with van der Waals surface area (Å²) in [4.78, 5) is 16.9. The topological polar surface area (TPSA) is 94.6 Å². The maximum absolute atomic E-state index is 12.6. The van der Waals surface area contributed by atoms with E-state index < -0.39 is 9.84 Å². The van der Waals surface area contributed by atoms with Gasteiger partial charge in [0.1, 0.15) is 11.5 Å². The van der Waals surface area contributed by atoms with E-state index in [1.807, 2.05) is 13.8 Å². The van der Waals surface area contributed by atoms with E-state index in [0.717, 1.165) is 11.3 Å². The molecule has 0 saturated heterocycles. The lowest BCUT2D eigenvalue weighted by Crippen LogP contribution is -2.12. The molecule has 0 bridgehead atoms. The standard InChI is InChI=1S/C20H22N2O5S2/c1-12(2)11-29(24,25)20-22-17-6-5-14(9-18(17)28-20)21-19(23)13-7-15(26-3)10-16(8-13)27-4/h5-10,12H,11H2,1-4H3,(H,21,23). The Morgan fingerprint density at radius 2 is 1.76 bits per heavy atom. The van der Waals surface area contributed by atoms with Crippen LogP contribution >= 0.6 is 11.3 Å². The van der Waals surface area contributed by atoms with Gasteiger partial charge < -0.3 is 14.8 Å². The van der Waals surface area contributed by atoms with E-state index in [2.05, 4.69) is 10.3 Å². The summed E-state index contributed by atoms with van der Waals surface area (Å²) in [5.41, 5.74) is 1.50. The monoisotopic (exact) mass is 434 g/mol. The molecule has 0 aliphatic carbocycles. The van der Waals surface area contributed by atoms with Crippen LogP contribution in [0.4, 0.5) is 5.69 Å². The summed E-state index contributed by atoms with van der Waals surface area (Å²) in [6.45, 7) is 3.71. The predicted octanol–water partition coefficient (Wildman–Crippen LogP) is 4.00. The van der Waals surface area contributed by atoms with Crippen LogP contribution in [0.2, 0.25) is 0 Å². The number of anilines is 1. The second kappa shape index (κ2) is 8.38. The van der Waals surface area contributed by atoms with Crippen LogP contribution in [0.5, 0.6) is 11.5 Å². The van der Waals surface area contributed by atoms with Gasteiger partial charge in [0.15, 0.2) is 0 Å². The van der Waals surface area contributed by atoms with Gasteiger partial charge in [0, 0.05) is 17.3 Å². The number of thiazole rings is 1. The molecule has 1 N–H and O–H groups in total. The van der Waals surface area contributed by atoms with Crippen molar-refractivity contribution in [1.82, 2.24) is 4.98 Å². The summed E-state index contributed by atoms with van der Waals surface area (Å²) in [7, 11) is -0.397. The van der Waals surface area contributed by atoms with Crippen molar-refractivity contribution in [3.8, 4) is 11.5 Å².